The van der Waals surface area contributed by atoms with Gasteiger partial charge in [0.1, 0.15) is 12.1 Å². The second-order valence-electron chi connectivity index (χ2n) is 5.74. The van der Waals surface area contributed by atoms with Crippen molar-refractivity contribution in [3.63, 3.8) is 0 Å². The zero-order valence-electron chi connectivity index (χ0n) is 14.7. The Morgan fingerprint density at radius 2 is 1.97 bits per heavy atom. The number of nitrogens with zero attached hydrogens (tertiary/aromatic N) is 4. The average Bonchev–Trinajstić information content (AvgIpc) is 2.64. The minimum atomic E-state index is -4.77. The van der Waals surface area contributed by atoms with Crippen LogP contribution in [-0.2, 0) is 6.54 Å². The molecule has 4 N–H and O–H groups in total. The van der Waals surface area contributed by atoms with Crippen LogP contribution in [0.4, 0.5) is 25.1 Å². The number of carbonyl (C=O) groups excluding carboxylic acids is 1. The highest BCUT2D eigenvalue weighted by Crippen LogP contribution is 2.33. The molecule has 0 fully saturated rings. The Morgan fingerprint density at radius 1 is 1.31 bits per heavy atom. The lowest BCUT2D eigenvalue weighted by Crippen LogP contribution is -2.32. The number of amides is 1. The number of nitrogens with one attached hydrogen (secondary N) is 1. The number of nitrogen functional groups attached to an aromatic ring is 1. The Balaban J connectivity index is 2.19. The minimum absolute atomic E-state index is 0.112. The summed E-state index contributed by atoms with van der Waals surface area (Å²) in [6.07, 6.45) is -2.67. The fourth-order valence-corrected chi connectivity index (χ4v) is 2.50. The van der Waals surface area contributed by atoms with Gasteiger partial charge in [-0.25, -0.2) is 15.0 Å². The van der Waals surface area contributed by atoms with E-state index >= 15 is 0 Å². The van der Waals surface area contributed by atoms with Crippen LogP contribution in [0.5, 0.6) is 11.5 Å². The highest BCUT2D eigenvalue weighted by molar-refractivity contribution is 6.03. The van der Waals surface area contributed by atoms with E-state index in [1.165, 1.54) is 7.11 Å². The van der Waals surface area contributed by atoms with Gasteiger partial charge in [0.25, 0.3) is 11.5 Å². The zero-order valence-corrected chi connectivity index (χ0v) is 14.7. The predicted octanol–water partition coefficient (Wildman–Crippen LogP) is 1.30. The fraction of sp³-hybridized carbons (Fsp3) is 0.188. The van der Waals surface area contributed by atoms with Crippen molar-refractivity contribution in [3.05, 3.63) is 40.4 Å². The lowest BCUT2D eigenvalue weighted by Gasteiger charge is -2.16. The maximum Gasteiger partial charge on any atom is 0.406 e. The molecule has 13 heteroatoms. The van der Waals surface area contributed by atoms with Crippen molar-refractivity contribution in [1.29, 1.82) is 0 Å². The summed E-state index contributed by atoms with van der Waals surface area (Å²) >= 11 is 0. The summed E-state index contributed by atoms with van der Waals surface area (Å²) in [5.74, 6) is -2.36. The number of aromatic nitrogens is 4. The molecule has 0 bridgehead atoms. The molecule has 2 aromatic heterocycles. The Hall–Kier alpha value is -3.90. The SMILES string of the molecule is COc1c(O)ccc2c(=O)n(CC(F)(F)F)c(NC(=O)c3cnc(N)nc3)nc12. The van der Waals surface area contributed by atoms with E-state index < -0.39 is 30.1 Å². The van der Waals surface area contributed by atoms with Gasteiger partial charge < -0.3 is 15.6 Å². The monoisotopic (exact) mass is 410 g/mol. The quantitative estimate of drug-likeness (QED) is 0.584. The van der Waals surface area contributed by atoms with Gasteiger partial charge in [0, 0.05) is 12.4 Å². The van der Waals surface area contributed by atoms with Crippen molar-refractivity contribution in [2.75, 3.05) is 18.2 Å². The third-order valence-corrected chi connectivity index (χ3v) is 3.76. The van der Waals surface area contributed by atoms with E-state index in [-0.39, 0.29) is 38.5 Å². The molecule has 0 aliphatic carbocycles. The normalized spacial score (nSPS) is 11.4. The lowest BCUT2D eigenvalue weighted by atomic mass is 10.2. The van der Waals surface area contributed by atoms with Crippen molar-refractivity contribution >= 4 is 28.7 Å². The molecule has 0 aliphatic heterocycles. The zero-order chi connectivity index (χ0) is 21.3. The molecule has 29 heavy (non-hydrogen) atoms. The first-order valence-corrected chi connectivity index (χ1v) is 7.87. The molecule has 3 aromatic rings. The summed E-state index contributed by atoms with van der Waals surface area (Å²) in [5, 5.41) is 11.8. The summed E-state index contributed by atoms with van der Waals surface area (Å²) in [5.41, 5.74) is 3.89. The van der Waals surface area contributed by atoms with Gasteiger partial charge in [0.2, 0.25) is 11.9 Å². The molecule has 0 aliphatic rings. The third kappa shape index (κ3) is 4.02. The molecule has 1 amide bonds. The first-order chi connectivity index (χ1) is 13.6. The molecule has 152 valence electrons. The topological polar surface area (TPSA) is 145 Å². The largest absolute Gasteiger partial charge is 0.504 e. The number of hydrogen-bond donors (Lipinski definition) is 3. The summed E-state index contributed by atoms with van der Waals surface area (Å²) in [6.45, 7) is -1.70. The number of rotatable bonds is 4. The maximum atomic E-state index is 13.0. The number of phenolic OH excluding ortho intramolecular Hbond substituents is 1. The van der Waals surface area contributed by atoms with Crippen LogP contribution in [-0.4, -0.2) is 43.8 Å². The van der Waals surface area contributed by atoms with Gasteiger partial charge in [-0.15, -0.1) is 0 Å². The second kappa shape index (κ2) is 7.26. The van der Waals surface area contributed by atoms with Crippen LogP contribution in [0.2, 0.25) is 0 Å². The number of benzene rings is 1. The van der Waals surface area contributed by atoms with Crippen LogP contribution >= 0.6 is 0 Å². The van der Waals surface area contributed by atoms with Crippen LogP contribution < -0.4 is 21.3 Å². The molecule has 0 unspecified atom stereocenters. The number of methoxy groups -OCH3 is 1. The van der Waals surface area contributed by atoms with Crippen LogP contribution in [0.3, 0.4) is 0 Å². The van der Waals surface area contributed by atoms with Crippen LogP contribution in [0.25, 0.3) is 10.9 Å². The standard InChI is InChI=1S/C16H13F3N6O4/c1-29-11-9(26)3-2-8-10(11)23-15(25(13(8)28)6-16(17,18)19)24-12(27)7-4-21-14(20)22-5-7/h2-5,26H,6H2,1H3,(H2,20,21,22)(H,23,24,27). The molecule has 0 spiro atoms. The molecule has 0 saturated heterocycles. The van der Waals surface area contributed by atoms with Crippen molar-refractivity contribution in [2.45, 2.75) is 12.7 Å². The molecule has 3 rings (SSSR count). The molecule has 2 heterocycles. The van der Waals surface area contributed by atoms with E-state index in [9.17, 15) is 27.9 Å². The average molecular weight is 410 g/mol. The second-order valence-corrected chi connectivity index (χ2v) is 5.74. The summed E-state index contributed by atoms with van der Waals surface area (Å²) in [4.78, 5) is 36.2. The van der Waals surface area contributed by atoms with Gasteiger partial charge in [-0.3, -0.25) is 19.5 Å². The number of aromatic hydroxyl groups is 1. The first kappa shape index (κ1) is 19.9. The number of ether oxygens (including phenoxy) is 1. The number of nitrogens with two attached hydrogens (primary N) is 1. The maximum absolute atomic E-state index is 13.0. The Kier molecular flexibility index (Phi) is 4.97. The number of hydrogen-bond acceptors (Lipinski definition) is 8. The Morgan fingerprint density at radius 3 is 2.55 bits per heavy atom. The van der Waals surface area contributed by atoms with Crippen molar-refractivity contribution < 1.29 is 27.8 Å². The molecule has 1 aromatic carbocycles. The molecule has 10 nitrogen and oxygen atoms in total. The van der Waals surface area contributed by atoms with Gasteiger partial charge in [-0.2, -0.15) is 13.2 Å². The number of halogens is 3. The molecular formula is C16H13F3N6O4. The third-order valence-electron chi connectivity index (χ3n) is 3.76. The smallest absolute Gasteiger partial charge is 0.406 e. The summed E-state index contributed by atoms with van der Waals surface area (Å²) < 4.78 is 44.3. The first-order valence-electron chi connectivity index (χ1n) is 7.87. The van der Waals surface area contributed by atoms with Crippen molar-refractivity contribution in [1.82, 2.24) is 19.5 Å². The van der Waals surface area contributed by atoms with Crippen LogP contribution in [0.15, 0.2) is 29.3 Å². The van der Waals surface area contributed by atoms with E-state index in [1.54, 1.807) is 0 Å². The van der Waals surface area contributed by atoms with E-state index in [4.69, 9.17) is 10.5 Å². The Bertz CT molecular complexity index is 1140. The van der Waals surface area contributed by atoms with Crippen molar-refractivity contribution in [2.24, 2.45) is 0 Å². The number of fused-ring (bicyclic) bond motifs is 1. The van der Waals surface area contributed by atoms with Gasteiger partial charge >= 0.3 is 6.18 Å². The van der Waals surface area contributed by atoms with E-state index in [1.807, 2.05) is 0 Å². The van der Waals surface area contributed by atoms with Crippen LogP contribution in [0.1, 0.15) is 10.4 Å². The van der Waals surface area contributed by atoms with Gasteiger partial charge in [-0.1, -0.05) is 0 Å². The fourth-order valence-electron chi connectivity index (χ4n) is 2.50. The summed E-state index contributed by atoms with van der Waals surface area (Å²) in [6, 6.07) is 2.20. The highest BCUT2D eigenvalue weighted by atomic mass is 19.4. The molecule has 0 saturated carbocycles. The predicted molar refractivity (Wildman–Crippen MR) is 94.7 cm³/mol. The van der Waals surface area contributed by atoms with Gasteiger partial charge in [-0.05, 0) is 12.1 Å². The van der Waals surface area contributed by atoms with Gasteiger partial charge in [0.05, 0.1) is 18.1 Å². The summed E-state index contributed by atoms with van der Waals surface area (Å²) in [7, 11) is 1.18. The minimum Gasteiger partial charge on any atom is -0.504 e. The number of alkyl halides is 3. The molecule has 0 radical (unpaired) electrons. The lowest BCUT2D eigenvalue weighted by molar-refractivity contribution is -0.140. The molecule has 0 atom stereocenters. The number of phenols is 1. The number of carbonyl (C=O) groups is 1. The highest BCUT2D eigenvalue weighted by Gasteiger charge is 2.31. The van der Waals surface area contributed by atoms with Crippen molar-refractivity contribution in [3.8, 4) is 11.5 Å². The van der Waals surface area contributed by atoms with E-state index in [0.717, 1.165) is 24.5 Å². The Labute approximate surface area is 159 Å². The van der Waals surface area contributed by atoms with Gasteiger partial charge in [0.15, 0.2) is 11.5 Å². The van der Waals surface area contributed by atoms with E-state index in [0.29, 0.717) is 0 Å². The van der Waals surface area contributed by atoms with Crippen LogP contribution in [0, 0.1) is 0 Å². The van der Waals surface area contributed by atoms with E-state index in [2.05, 4.69) is 20.3 Å². The molecular weight excluding hydrogens is 397 g/mol. The number of anilines is 2.